The SMILES string of the molecule is CCC(=O)C(=O)CC(CC(=O)CCC(C)=O)C(=O)C(C)=O. The van der Waals surface area contributed by atoms with E-state index in [0.29, 0.717) is 0 Å². The van der Waals surface area contributed by atoms with Gasteiger partial charge in [0.05, 0.1) is 0 Å². The summed E-state index contributed by atoms with van der Waals surface area (Å²) >= 11 is 0. The Bertz CT molecular complexity index is 475. The first-order chi connectivity index (χ1) is 9.68. The molecule has 0 saturated carbocycles. The third-order valence-electron chi connectivity index (χ3n) is 3.01. The molecule has 0 aromatic heterocycles. The van der Waals surface area contributed by atoms with Crippen LogP contribution in [0.1, 0.15) is 52.9 Å². The van der Waals surface area contributed by atoms with E-state index >= 15 is 0 Å². The van der Waals surface area contributed by atoms with Crippen molar-refractivity contribution in [2.45, 2.75) is 52.9 Å². The van der Waals surface area contributed by atoms with Gasteiger partial charge >= 0.3 is 0 Å². The summed E-state index contributed by atoms with van der Waals surface area (Å²) in [5.74, 6) is -4.61. The van der Waals surface area contributed by atoms with Crippen molar-refractivity contribution in [1.82, 2.24) is 0 Å². The summed E-state index contributed by atoms with van der Waals surface area (Å²) in [6.07, 6.45) is -0.696. The minimum absolute atomic E-state index is 0.0120. The fourth-order valence-corrected chi connectivity index (χ4v) is 1.77. The van der Waals surface area contributed by atoms with Gasteiger partial charge in [-0.2, -0.15) is 0 Å². The van der Waals surface area contributed by atoms with Crippen LogP contribution in [0, 0.1) is 5.92 Å². The molecule has 0 fully saturated rings. The van der Waals surface area contributed by atoms with Gasteiger partial charge in [0.25, 0.3) is 0 Å². The van der Waals surface area contributed by atoms with Crippen LogP contribution in [0.5, 0.6) is 0 Å². The molecule has 0 saturated heterocycles. The highest BCUT2D eigenvalue weighted by molar-refractivity contribution is 6.41. The fourth-order valence-electron chi connectivity index (χ4n) is 1.77. The first kappa shape index (κ1) is 19.0. The molecule has 0 amide bonds. The van der Waals surface area contributed by atoms with Gasteiger partial charge in [-0.1, -0.05) is 6.92 Å². The van der Waals surface area contributed by atoms with Gasteiger partial charge in [-0.3, -0.25) is 24.0 Å². The van der Waals surface area contributed by atoms with Crippen molar-refractivity contribution in [3.63, 3.8) is 0 Å². The van der Waals surface area contributed by atoms with Crippen LogP contribution < -0.4 is 0 Å². The molecule has 116 valence electrons. The Morgan fingerprint density at radius 1 is 0.810 bits per heavy atom. The predicted octanol–water partition coefficient (Wildman–Crippen LogP) is 1.03. The Kier molecular flexibility index (Phi) is 8.19. The predicted molar refractivity (Wildman–Crippen MR) is 73.6 cm³/mol. The van der Waals surface area contributed by atoms with Crippen molar-refractivity contribution >= 4 is 34.7 Å². The maximum absolute atomic E-state index is 11.7. The zero-order chi connectivity index (χ0) is 16.6. The summed E-state index contributed by atoms with van der Waals surface area (Å²) < 4.78 is 0. The number of Topliss-reactive ketones (excluding diaryl/α,β-unsaturated/α-hetero) is 6. The zero-order valence-electron chi connectivity index (χ0n) is 12.6. The lowest BCUT2D eigenvalue weighted by atomic mass is 9.88. The molecule has 0 spiro atoms. The number of carbonyl (C=O) groups excluding carboxylic acids is 6. The van der Waals surface area contributed by atoms with Crippen LogP contribution in [0.4, 0.5) is 0 Å². The molecule has 1 unspecified atom stereocenters. The Labute approximate surface area is 123 Å². The van der Waals surface area contributed by atoms with Crippen molar-refractivity contribution < 1.29 is 28.8 Å². The van der Waals surface area contributed by atoms with Crippen molar-refractivity contribution in [2.24, 2.45) is 5.92 Å². The Balaban J connectivity index is 4.83. The molecule has 6 nitrogen and oxygen atoms in total. The maximum Gasteiger partial charge on any atom is 0.202 e. The highest BCUT2D eigenvalue weighted by atomic mass is 16.2. The van der Waals surface area contributed by atoms with Crippen molar-refractivity contribution in [2.75, 3.05) is 0 Å². The van der Waals surface area contributed by atoms with E-state index in [9.17, 15) is 28.8 Å². The lowest BCUT2D eigenvalue weighted by Gasteiger charge is -2.12. The van der Waals surface area contributed by atoms with Crippen molar-refractivity contribution in [3.05, 3.63) is 0 Å². The Hall–Kier alpha value is -1.98. The third-order valence-corrected chi connectivity index (χ3v) is 3.01. The smallest absolute Gasteiger partial charge is 0.202 e. The first-order valence-corrected chi connectivity index (χ1v) is 6.80. The number of carbonyl (C=O) groups is 6. The van der Waals surface area contributed by atoms with Gasteiger partial charge in [0.1, 0.15) is 11.6 Å². The lowest BCUT2D eigenvalue weighted by molar-refractivity contribution is -0.142. The van der Waals surface area contributed by atoms with E-state index in [-0.39, 0.29) is 37.2 Å². The van der Waals surface area contributed by atoms with Gasteiger partial charge in [-0.25, -0.2) is 0 Å². The standard InChI is InChI=1S/C15H20O6/c1-4-13(19)14(20)8-11(15(21)10(3)17)7-12(18)6-5-9(2)16/h11H,4-8H2,1-3H3. The summed E-state index contributed by atoms with van der Waals surface area (Å²) in [4.78, 5) is 68.2. The normalized spacial score (nSPS) is 11.6. The molecule has 0 aromatic carbocycles. The zero-order valence-corrected chi connectivity index (χ0v) is 12.6. The molecule has 0 rings (SSSR count). The van der Waals surface area contributed by atoms with Gasteiger partial charge in [0, 0.05) is 44.9 Å². The van der Waals surface area contributed by atoms with Crippen LogP contribution in [-0.4, -0.2) is 34.7 Å². The topological polar surface area (TPSA) is 102 Å². The fraction of sp³-hybridized carbons (Fsp3) is 0.600. The second kappa shape index (κ2) is 9.05. The average molecular weight is 296 g/mol. The minimum atomic E-state index is -1.11. The van der Waals surface area contributed by atoms with Crippen LogP contribution in [0.25, 0.3) is 0 Å². The molecule has 0 N–H and O–H groups in total. The molecule has 0 aromatic rings. The summed E-state index contributed by atoms with van der Waals surface area (Å²) in [6.45, 7) is 3.91. The molecule has 0 aliphatic heterocycles. The summed E-state index contributed by atoms with van der Waals surface area (Å²) in [6, 6.07) is 0. The molecule has 1 atom stereocenters. The van der Waals surface area contributed by atoms with Crippen LogP contribution in [0.2, 0.25) is 0 Å². The number of ketones is 6. The lowest BCUT2D eigenvalue weighted by Crippen LogP contribution is -2.28. The molecular weight excluding hydrogens is 276 g/mol. The quantitative estimate of drug-likeness (QED) is 0.527. The molecule has 21 heavy (non-hydrogen) atoms. The number of hydrogen-bond donors (Lipinski definition) is 0. The second-order valence-electron chi connectivity index (χ2n) is 4.97. The van der Waals surface area contributed by atoms with Crippen LogP contribution in [-0.2, 0) is 28.8 Å². The highest BCUT2D eigenvalue weighted by Gasteiger charge is 2.29. The summed E-state index contributed by atoms with van der Waals surface area (Å²) in [5.41, 5.74) is 0. The maximum atomic E-state index is 11.7. The molecule has 0 aliphatic rings. The van der Waals surface area contributed by atoms with Crippen LogP contribution >= 0.6 is 0 Å². The van der Waals surface area contributed by atoms with Gasteiger partial charge < -0.3 is 4.79 Å². The minimum Gasteiger partial charge on any atom is -0.300 e. The Morgan fingerprint density at radius 3 is 1.81 bits per heavy atom. The van der Waals surface area contributed by atoms with Gasteiger partial charge in [0.2, 0.25) is 5.78 Å². The molecule has 6 heteroatoms. The second-order valence-corrected chi connectivity index (χ2v) is 4.97. The van der Waals surface area contributed by atoms with E-state index in [1.54, 1.807) is 0 Å². The first-order valence-electron chi connectivity index (χ1n) is 6.80. The van der Waals surface area contributed by atoms with Gasteiger partial charge in [0.15, 0.2) is 17.3 Å². The van der Waals surface area contributed by atoms with E-state index in [1.165, 1.54) is 13.8 Å². The van der Waals surface area contributed by atoms with E-state index in [4.69, 9.17) is 0 Å². The highest BCUT2D eigenvalue weighted by Crippen LogP contribution is 2.15. The summed E-state index contributed by atoms with van der Waals surface area (Å²) in [5, 5.41) is 0. The number of hydrogen-bond acceptors (Lipinski definition) is 6. The van der Waals surface area contributed by atoms with Crippen molar-refractivity contribution in [1.29, 1.82) is 0 Å². The largest absolute Gasteiger partial charge is 0.300 e. The van der Waals surface area contributed by atoms with E-state index in [2.05, 4.69) is 0 Å². The van der Waals surface area contributed by atoms with E-state index < -0.39 is 35.5 Å². The average Bonchev–Trinajstić information content (AvgIpc) is 2.42. The van der Waals surface area contributed by atoms with Gasteiger partial charge in [-0.15, -0.1) is 0 Å². The molecule has 0 aliphatic carbocycles. The molecule has 0 radical (unpaired) electrons. The van der Waals surface area contributed by atoms with Crippen LogP contribution in [0.15, 0.2) is 0 Å². The van der Waals surface area contributed by atoms with Crippen molar-refractivity contribution in [3.8, 4) is 0 Å². The van der Waals surface area contributed by atoms with E-state index in [0.717, 1.165) is 6.92 Å². The molecule has 0 bridgehead atoms. The van der Waals surface area contributed by atoms with Crippen LogP contribution in [0.3, 0.4) is 0 Å². The Morgan fingerprint density at radius 2 is 1.38 bits per heavy atom. The monoisotopic (exact) mass is 296 g/mol. The van der Waals surface area contributed by atoms with Gasteiger partial charge in [-0.05, 0) is 6.92 Å². The molecule has 0 heterocycles. The number of rotatable bonds is 11. The third kappa shape index (κ3) is 7.39. The van der Waals surface area contributed by atoms with E-state index in [1.807, 2.05) is 0 Å². The summed E-state index contributed by atoms with van der Waals surface area (Å²) in [7, 11) is 0. The molecular formula is C15H20O6.